The van der Waals surface area contributed by atoms with Crippen molar-refractivity contribution >= 4 is 5.69 Å². The van der Waals surface area contributed by atoms with Crippen LogP contribution in [0.25, 0.3) is 0 Å². The van der Waals surface area contributed by atoms with Crippen molar-refractivity contribution in [2.45, 2.75) is 38.1 Å². The Labute approximate surface area is 103 Å². The molecule has 0 bridgehead atoms. The summed E-state index contributed by atoms with van der Waals surface area (Å²) < 4.78 is 0. The fraction of sp³-hybridized carbons (Fsp3) is 0.500. The van der Waals surface area contributed by atoms with E-state index in [0.29, 0.717) is 12.1 Å². The number of hydrogen-bond donors (Lipinski definition) is 2. The second-order valence-corrected chi connectivity index (χ2v) is 4.98. The fourth-order valence-corrected chi connectivity index (χ4v) is 2.58. The number of nitrogens with one attached hydrogen (secondary N) is 1. The summed E-state index contributed by atoms with van der Waals surface area (Å²) in [6.07, 6.45) is 4.64. The van der Waals surface area contributed by atoms with Crippen LogP contribution in [0.1, 0.15) is 36.8 Å². The lowest BCUT2D eigenvalue weighted by atomic mass is 9.96. The highest BCUT2D eigenvalue weighted by atomic mass is 15.0. The van der Waals surface area contributed by atoms with E-state index in [9.17, 15) is 0 Å². The highest BCUT2D eigenvalue weighted by Gasteiger charge is 2.32. The third-order valence-corrected chi connectivity index (χ3v) is 3.65. The maximum atomic E-state index is 9.12. The molecule has 0 atom stereocenters. The van der Waals surface area contributed by atoms with E-state index in [-0.39, 0.29) is 5.54 Å². The van der Waals surface area contributed by atoms with E-state index in [1.165, 1.54) is 12.8 Å². The van der Waals surface area contributed by atoms with Gasteiger partial charge in [0, 0.05) is 12.1 Å². The van der Waals surface area contributed by atoms with Crippen molar-refractivity contribution in [1.29, 1.82) is 5.26 Å². The van der Waals surface area contributed by atoms with Gasteiger partial charge in [0.15, 0.2) is 0 Å². The molecule has 1 saturated carbocycles. The lowest BCUT2D eigenvalue weighted by molar-refractivity contribution is 0.493. The van der Waals surface area contributed by atoms with Crippen LogP contribution in [0.2, 0.25) is 0 Å². The molecule has 3 nitrogen and oxygen atoms in total. The van der Waals surface area contributed by atoms with Crippen molar-refractivity contribution in [3.8, 4) is 6.07 Å². The number of nitrogens with zero attached hydrogens (tertiary/aromatic N) is 1. The quantitative estimate of drug-likeness (QED) is 0.837. The Morgan fingerprint density at radius 3 is 2.71 bits per heavy atom. The molecule has 1 aromatic carbocycles. The van der Waals surface area contributed by atoms with E-state index in [1.807, 2.05) is 25.1 Å². The number of nitrogens with two attached hydrogens (primary N) is 1. The van der Waals surface area contributed by atoms with Crippen LogP contribution in [0, 0.1) is 18.3 Å². The van der Waals surface area contributed by atoms with Crippen LogP contribution in [-0.4, -0.2) is 12.1 Å². The predicted octanol–water partition coefficient (Wildman–Crippen LogP) is 2.55. The van der Waals surface area contributed by atoms with Crippen LogP contribution in [0.4, 0.5) is 5.69 Å². The standard InChI is InChI=1S/C14H19N3/c1-11-4-5-12(9-15)13(8-11)17-14(10-16)6-2-3-7-14/h4-5,8,17H,2-3,6-7,10,16H2,1H3. The van der Waals surface area contributed by atoms with Gasteiger partial charge in [0.2, 0.25) is 0 Å². The van der Waals surface area contributed by atoms with Gasteiger partial charge in [-0.05, 0) is 37.5 Å². The molecule has 0 spiro atoms. The van der Waals surface area contributed by atoms with Gasteiger partial charge in [-0.3, -0.25) is 0 Å². The molecule has 3 N–H and O–H groups in total. The van der Waals surface area contributed by atoms with Gasteiger partial charge in [0.25, 0.3) is 0 Å². The second-order valence-electron chi connectivity index (χ2n) is 4.98. The number of aryl methyl sites for hydroxylation is 1. The number of benzene rings is 1. The molecule has 2 rings (SSSR count). The Kier molecular flexibility index (Phi) is 3.35. The summed E-state index contributed by atoms with van der Waals surface area (Å²) in [7, 11) is 0. The number of rotatable bonds is 3. The Morgan fingerprint density at radius 2 is 2.12 bits per heavy atom. The molecule has 1 aromatic rings. The maximum Gasteiger partial charge on any atom is 0.101 e. The minimum atomic E-state index is -0.000602. The molecule has 3 heteroatoms. The van der Waals surface area contributed by atoms with Crippen LogP contribution >= 0.6 is 0 Å². The third-order valence-electron chi connectivity index (χ3n) is 3.65. The highest BCUT2D eigenvalue weighted by Crippen LogP contribution is 2.33. The average Bonchev–Trinajstić information content (AvgIpc) is 2.79. The summed E-state index contributed by atoms with van der Waals surface area (Å²) in [5, 5.41) is 12.6. The molecule has 0 amide bonds. The zero-order chi connectivity index (χ0) is 12.3. The molecule has 90 valence electrons. The first kappa shape index (κ1) is 11.9. The van der Waals surface area contributed by atoms with Gasteiger partial charge in [-0.2, -0.15) is 5.26 Å². The Morgan fingerprint density at radius 1 is 1.41 bits per heavy atom. The van der Waals surface area contributed by atoms with Crippen molar-refractivity contribution in [3.63, 3.8) is 0 Å². The summed E-state index contributed by atoms with van der Waals surface area (Å²) in [5.74, 6) is 0. The van der Waals surface area contributed by atoms with Gasteiger partial charge in [-0.15, -0.1) is 0 Å². The first-order chi connectivity index (χ1) is 8.19. The summed E-state index contributed by atoms with van der Waals surface area (Å²) in [5.41, 5.74) is 8.70. The topological polar surface area (TPSA) is 61.8 Å². The summed E-state index contributed by atoms with van der Waals surface area (Å²) in [4.78, 5) is 0. The molecule has 0 saturated heterocycles. The number of nitriles is 1. The van der Waals surface area contributed by atoms with Gasteiger partial charge in [-0.25, -0.2) is 0 Å². The van der Waals surface area contributed by atoms with Gasteiger partial charge in [0.1, 0.15) is 6.07 Å². The Bertz CT molecular complexity index is 439. The van der Waals surface area contributed by atoms with E-state index < -0.39 is 0 Å². The fourth-order valence-electron chi connectivity index (χ4n) is 2.58. The monoisotopic (exact) mass is 229 g/mol. The molecular weight excluding hydrogens is 210 g/mol. The minimum absolute atomic E-state index is 0.000602. The van der Waals surface area contributed by atoms with Crippen molar-refractivity contribution in [2.75, 3.05) is 11.9 Å². The van der Waals surface area contributed by atoms with Gasteiger partial charge in [-0.1, -0.05) is 18.9 Å². The van der Waals surface area contributed by atoms with Crippen molar-refractivity contribution in [1.82, 2.24) is 0 Å². The van der Waals surface area contributed by atoms with Crippen LogP contribution in [-0.2, 0) is 0 Å². The molecule has 0 aliphatic heterocycles. The minimum Gasteiger partial charge on any atom is -0.377 e. The molecule has 17 heavy (non-hydrogen) atoms. The number of anilines is 1. The zero-order valence-electron chi connectivity index (χ0n) is 10.3. The van der Waals surface area contributed by atoms with Gasteiger partial charge in [0.05, 0.1) is 11.3 Å². The summed E-state index contributed by atoms with van der Waals surface area (Å²) >= 11 is 0. The van der Waals surface area contributed by atoms with E-state index in [1.54, 1.807) is 0 Å². The van der Waals surface area contributed by atoms with E-state index in [2.05, 4.69) is 11.4 Å². The van der Waals surface area contributed by atoms with Crippen LogP contribution < -0.4 is 11.1 Å². The Balaban J connectivity index is 2.28. The molecule has 1 aliphatic rings. The van der Waals surface area contributed by atoms with Gasteiger partial charge >= 0.3 is 0 Å². The van der Waals surface area contributed by atoms with Crippen molar-refractivity contribution in [2.24, 2.45) is 5.73 Å². The first-order valence-electron chi connectivity index (χ1n) is 6.18. The molecule has 1 aliphatic carbocycles. The lowest BCUT2D eigenvalue weighted by Crippen LogP contribution is -2.43. The summed E-state index contributed by atoms with van der Waals surface area (Å²) in [6.45, 7) is 2.67. The SMILES string of the molecule is Cc1ccc(C#N)c(NC2(CN)CCCC2)c1. The molecule has 0 aromatic heterocycles. The average molecular weight is 229 g/mol. The smallest absolute Gasteiger partial charge is 0.101 e. The normalized spacial score (nSPS) is 17.7. The maximum absolute atomic E-state index is 9.12. The van der Waals surface area contributed by atoms with Crippen molar-refractivity contribution in [3.05, 3.63) is 29.3 Å². The lowest BCUT2D eigenvalue weighted by Gasteiger charge is -2.30. The van der Waals surface area contributed by atoms with E-state index in [4.69, 9.17) is 11.0 Å². The highest BCUT2D eigenvalue weighted by molar-refractivity contribution is 5.60. The second kappa shape index (κ2) is 4.77. The summed E-state index contributed by atoms with van der Waals surface area (Å²) in [6, 6.07) is 8.11. The molecule has 0 unspecified atom stereocenters. The zero-order valence-corrected chi connectivity index (χ0v) is 10.3. The van der Waals surface area contributed by atoms with Crippen LogP contribution in [0.5, 0.6) is 0 Å². The first-order valence-corrected chi connectivity index (χ1v) is 6.18. The third kappa shape index (κ3) is 2.42. The van der Waals surface area contributed by atoms with Gasteiger partial charge < -0.3 is 11.1 Å². The Hall–Kier alpha value is -1.53. The largest absolute Gasteiger partial charge is 0.377 e. The predicted molar refractivity (Wildman–Crippen MR) is 69.8 cm³/mol. The van der Waals surface area contributed by atoms with E-state index in [0.717, 1.165) is 24.1 Å². The van der Waals surface area contributed by atoms with Crippen LogP contribution in [0.15, 0.2) is 18.2 Å². The van der Waals surface area contributed by atoms with Crippen molar-refractivity contribution < 1.29 is 0 Å². The van der Waals surface area contributed by atoms with E-state index >= 15 is 0 Å². The molecule has 1 fully saturated rings. The molecule has 0 heterocycles. The van der Waals surface area contributed by atoms with Crippen LogP contribution in [0.3, 0.4) is 0 Å². The molecular formula is C14H19N3. The number of hydrogen-bond acceptors (Lipinski definition) is 3. The molecule has 0 radical (unpaired) electrons.